The molecule has 9 N–H and O–H groups in total. The average Bonchev–Trinajstić information content (AvgIpc) is 1.05. The van der Waals surface area contributed by atoms with Gasteiger partial charge in [-0.05, 0) is 141 Å². The number of amides is 10. The van der Waals surface area contributed by atoms with Gasteiger partial charge in [-0.1, -0.05) is 41.6 Å². The average molecular weight is 1580 g/mol. The van der Waals surface area contributed by atoms with Crippen molar-refractivity contribution in [2.45, 2.75) is 77.3 Å². The monoisotopic (exact) mass is 1570 g/mol. The lowest BCUT2D eigenvalue weighted by atomic mass is 9.88. The third kappa shape index (κ3) is 22.5. The molecule has 0 spiro atoms. The van der Waals surface area contributed by atoms with Crippen LogP contribution in [0.5, 0.6) is 0 Å². The van der Waals surface area contributed by atoms with Crippen LogP contribution in [-0.2, 0) is 63.9 Å². The van der Waals surface area contributed by atoms with Crippen LogP contribution in [0.25, 0.3) is 11.1 Å². The van der Waals surface area contributed by atoms with Crippen molar-refractivity contribution >= 4 is 105 Å². The zero-order valence-electron chi connectivity index (χ0n) is 64.8. The number of carbonyl (C=O) groups is 10. The Morgan fingerprint density at radius 3 is 1.61 bits per heavy atom. The Morgan fingerprint density at radius 2 is 1.04 bits per heavy atom. The number of benzene rings is 3. The minimum Gasteiger partial charge on any atom is -0.378 e. The van der Waals surface area contributed by atoms with Crippen molar-refractivity contribution in [2.24, 2.45) is 47.1 Å². The summed E-state index contributed by atoms with van der Waals surface area (Å²) in [5.74, 6) is 9.89. The molecule has 33 heteroatoms. The summed E-state index contributed by atoms with van der Waals surface area (Å²) < 4.78 is 18.9. The van der Waals surface area contributed by atoms with Crippen molar-refractivity contribution in [1.82, 2.24) is 68.9 Å². The molecule has 2 fully saturated rings. The van der Waals surface area contributed by atoms with Crippen LogP contribution < -0.4 is 52.8 Å². The lowest BCUT2D eigenvalue weighted by molar-refractivity contribution is -0.121. The molecule has 10 amide bonds. The maximum Gasteiger partial charge on any atom is 0.291 e. The van der Waals surface area contributed by atoms with Gasteiger partial charge in [0.2, 0.25) is 35.3 Å². The number of carbonyl (C=O) groups excluding carboxylic acids is 10. The molecule has 5 aromatic heterocycles. The highest BCUT2D eigenvalue weighted by Gasteiger charge is 2.34. The number of aromatic nitrogens is 8. The maximum absolute atomic E-state index is 13.7. The number of rotatable bonds is 31. The molecule has 0 radical (unpaired) electrons. The molecule has 0 aliphatic carbocycles. The highest BCUT2D eigenvalue weighted by atomic mass is 35.5. The van der Waals surface area contributed by atoms with E-state index in [-0.39, 0.29) is 140 Å². The van der Waals surface area contributed by atoms with Gasteiger partial charge in [0.25, 0.3) is 35.4 Å². The third-order valence-corrected chi connectivity index (χ3v) is 20.0. The summed E-state index contributed by atoms with van der Waals surface area (Å²) in [6.07, 6.45) is 13.1. The molecular formula is C81H95ClN20O12. The Labute approximate surface area is 665 Å². The number of anilines is 6. The van der Waals surface area contributed by atoms with Crippen molar-refractivity contribution in [3.8, 4) is 34.8 Å². The summed E-state index contributed by atoms with van der Waals surface area (Å²) >= 11 is 6.17. The number of piperidine rings is 2. The summed E-state index contributed by atoms with van der Waals surface area (Å²) in [5, 5.41) is 25.8. The third-order valence-electron chi connectivity index (χ3n) is 19.8. The molecule has 3 aromatic carbocycles. The number of aryl methyl sites for hydroxylation is 5. The van der Waals surface area contributed by atoms with Gasteiger partial charge in [0.15, 0.2) is 17.5 Å². The Morgan fingerprint density at radius 1 is 0.518 bits per heavy atom. The van der Waals surface area contributed by atoms with Crippen LogP contribution in [0.2, 0.25) is 5.02 Å². The Balaban J connectivity index is 0.490. The summed E-state index contributed by atoms with van der Waals surface area (Å²) in [7, 11) is 8.06. The second-order valence-electron chi connectivity index (χ2n) is 28.3. The molecule has 3 aliphatic heterocycles. The van der Waals surface area contributed by atoms with Crippen LogP contribution in [0.1, 0.15) is 140 Å². The molecule has 11 rings (SSSR count). The zero-order chi connectivity index (χ0) is 81.0. The van der Waals surface area contributed by atoms with Gasteiger partial charge in [0.05, 0.1) is 43.8 Å². The lowest BCUT2D eigenvalue weighted by Crippen LogP contribution is -2.43. The molecule has 32 nitrogen and oxygen atoms in total. The lowest BCUT2D eigenvalue weighted by Gasteiger charge is -2.39. The predicted molar refractivity (Wildman–Crippen MR) is 429 cm³/mol. The van der Waals surface area contributed by atoms with E-state index in [0.717, 1.165) is 79.8 Å². The van der Waals surface area contributed by atoms with Crippen molar-refractivity contribution in [1.29, 1.82) is 0 Å². The second-order valence-corrected chi connectivity index (χ2v) is 28.7. The number of ether oxygens (including phenoxy) is 2. The van der Waals surface area contributed by atoms with E-state index in [9.17, 15) is 47.9 Å². The van der Waals surface area contributed by atoms with E-state index in [1.165, 1.54) is 55.2 Å². The first kappa shape index (κ1) is 82.6. The number of hydrogen-bond acceptors (Lipinski definition) is 17. The van der Waals surface area contributed by atoms with Crippen LogP contribution in [0.4, 0.5) is 34.4 Å². The predicted octanol–water partition coefficient (Wildman–Crippen LogP) is 6.75. The number of hydrogen-bond donors (Lipinski definition) is 9. The summed E-state index contributed by atoms with van der Waals surface area (Å²) in [4.78, 5) is 148. The Bertz CT molecular complexity index is 4960. The van der Waals surface area contributed by atoms with E-state index in [0.29, 0.717) is 49.2 Å². The van der Waals surface area contributed by atoms with Gasteiger partial charge in [-0.2, -0.15) is 0 Å². The van der Waals surface area contributed by atoms with Gasteiger partial charge >= 0.3 is 0 Å². The Hall–Kier alpha value is -12.4. The van der Waals surface area contributed by atoms with E-state index >= 15 is 0 Å². The molecule has 598 valence electrons. The van der Waals surface area contributed by atoms with E-state index in [4.69, 9.17) is 21.1 Å². The fourth-order valence-electron chi connectivity index (χ4n) is 13.8. The SMILES string of the molecule is CC(=O)N1c2ccc(-c3ccc(C(=O)N4CCC(C#CC#CC5CCN(CCOCCOCCNC(=O)CCNC(=O)c6nc(NC(=O)CCNC(=O)c7cc(NC(=O)c8nc(NC(=O)CCNC(=O)c9cc(NC(=O)c%10nccn%10C)cn9C)cn8C)cn7C)cn6C)CC5)CC4)cc3)cc2C(Nc2ccc(Cl)cc2)C[C@@H]1C. The van der Waals surface area contributed by atoms with Crippen molar-refractivity contribution in [2.75, 3.05) is 117 Å². The topological polar surface area (TPSA) is 370 Å². The zero-order valence-corrected chi connectivity index (χ0v) is 65.6. The molecule has 2 saturated heterocycles. The molecular weight excluding hydrogens is 1480 g/mol. The van der Waals surface area contributed by atoms with E-state index in [1.807, 2.05) is 70.5 Å². The Kier molecular flexibility index (Phi) is 28.4. The number of imidazole rings is 3. The number of likely N-dealkylation sites (tertiary alicyclic amines) is 2. The highest BCUT2D eigenvalue weighted by Crippen LogP contribution is 2.42. The van der Waals surface area contributed by atoms with E-state index in [2.05, 4.69) is 104 Å². The van der Waals surface area contributed by atoms with Crippen LogP contribution >= 0.6 is 11.6 Å². The largest absolute Gasteiger partial charge is 0.378 e. The first-order chi connectivity index (χ1) is 54.9. The molecule has 8 heterocycles. The summed E-state index contributed by atoms with van der Waals surface area (Å²) in [6.45, 7) is 9.46. The number of halogens is 1. The van der Waals surface area contributed by atoms with Gasteiger partial charge < -0.3 is 94.9 Å². The molecule has 2 atom stereocenters. The summed E-state index contributed by atoms with van der Waals surface area (Å²) in [5.41, 5.74) is 6.59. The van der Waals surface area contributed by atoms with Gasteiger partial charge in [-0.3, -0.25) is 47.9 Å². The smallest absolute Gasteiger partial charge is 0.291 e. The first-order valence-electron chi connectivity index (χ1n) is 37.8. The molecule has 1 unspecified atom stereocenters. The summed E-state index contributed by atoms with van der Waals surface area (Å²) in [6, 6.07) is 24.6. The van der Waals surface area contributed by atoms with Crippen molar-refractivity contribution in [3.05, 3.63) is 161 Å². The molecule has 114 heavy (non-hydrogen) atoms. The number of nitrogens with zero attached hydrogens (tertiary/aromatic N) is 11. The second kappa shape index (κ2) is 39.2. The fourth-order valence-corrected chi connectivity index (χ4v) is 13.9. The van der Waals surface area contributed by atoms with Crippen LogP contribution in [-0.4, -0.2) is 198 Å². The van der Waals surface area contributed by atoms with Gasteiger partial charge in [0, 0.05) is 184 Å². The van der Waals surface area contributed by atoms with Gasteiger partial charge in [-0.25, -0.2) is 15.0 Å². The number of fused-ring (bicyclic) bond motifs is 1. The normalized spacial score (nSPS) is 14.9. The van der Waals surface area contributed by atoms with Gasteiger partial charge in [0.1, 0.15) is 11.4 Å². The maximum atomic E-state index is 13.7. The molecule has 0 saturated carbocycles. The first-order valence-corrected chi connectivity index (χ1v) is 38.2. The molecule has 0 bridgehead atoms. The standard InChI is InChI=1S/C81H95ClN20O12/c1-52-44-64(88-60-19-17-59(82)18-20-60)63-45-58(16-21-65(63)102(52)53(2)103)56-12-14-57(15-13-56)81(112)101-36-27-55(28-37-101)11-9-8-10-54-25-34-100(35-26-54)39-41-114-43-42-113-40-33-83-70(104)22-29-87-78(109)74-93-68(50-98(74)6)91-71(105)23-30-86-77(108)67-47-62(49-97(67)5)90-80(111)75-94-69(51-99(75)7)92-72(106)24-31-85-76(107)66-46-61(48-96(66)4)89-79(110)73-84-32-38-95(73)3/h12-21,32,38,45-52,54-55,64,88H,22-31,33-37,39-44H2,1-7H3,(H,83,104)(H,85,107)(H,86,108)(H,87,109)(H,89,110)(H,90,111)(H,91,105)(H,92,106)/t52-,64?/m0/s1. The van der Waals surface area contributed by atoms with Crippen LogP contribution in [0, 0.1) is 35.5 Å². The molecule has 8 aromatic rings. The highest BCUT2D eigenvalue weighted by molar-refractivity contribution is 6.30. The number of nitrogens with one attached hydrogen (secondary N) is 9. The van der Waals surface area contributed by atoms with E-state index in [1.54, 1.807) is 59.1 Å². The minimum atomic E-state index is -0.637. The van der Waals surface area contributed by atoms with Crippen LogP contribution in [0.15, 0.2) is 116 Å². The molecule has 3 aliphatic rings. The van der Waals surface area contributed by atoms with Crippen LogP contribution in [0.3, 0.4) is 0 Å². The van der Waals surface area contributed by atoms with Crippen molar-refractivity contribution in [3.63, 3.8) is 0 Å². The van der Waals surface area contributed by atoms with Crippen molar-refractivity contribution < 1.29 is 57.4 Å². The fraction of sp³-hybridized carbons (Fsp3) is 0.395. The minimum absolute atomic E-state index is 0.00246. The quantitative estimate of drug-likeness (QED) is 0.0160. The van der Waals surface area contributed by atoms with E-state index < -0.39 is 41.4 Å². The van der Waals surface area contributed by atoms with Gasteiger partial charge in [-0.15, -0.1) is 0 Å².